The van der Waals surface area contributed by atoms with E-state index in [1.54, 1.807) is 55.8 Å². The zero-order valence-electron chi connectivity index (χ0n) is 15.0. The van der Waals surface area contributed by atoms with Gasteiger partial charge in [-0.3, -0.25) is 14.6 Å². The molecule has 0 bridgehead atoms. The molecule has 8 heteroatoms. The van der Waals surface area contributed by atoms with E-state index in [2.05, 4.69) is 20.6 Å². The van der Waals surface area contributed by atoms with Gasteiger partial charge in [-0.2, -0.15) is 0 Å². The summed E-state index contributed by atoms with van der Waals surface area (Å²) in [6.07, 6.45) is 4.71. The number of fused-ring (bicyclic) bond motifs is 1. The number of hydrogen-bond acceptors (Lipinski definition) is 6. The smallest absolute Gasteiger partial charge is 0.257 e. The van der Waals surface area contributed by atoms with E-state index in [1.807, 2.05) is 6.07 Å². The van der Waals surface area contributed by atoms with Crippen LogP contribution in [-0.2, 0) is 4.79 Å². The number of nitrogens with zero attached hydrogens (tertiary/aromatic N) is 3. The van der Waals surface area contributed by atoms with Crippen molar-refractivity contribution in [1.82, 2.24) is 9.97 Å². The fourth-order valence-corrected chi connectivity index (χ4v) is 2.77. The van der Waals surface area contributed by atoms with Gasteiger partial charge in [0.2, 0.25) is 5.91 Å². The Hall–Kier alpha value is -3.94. The van der Waals surface area contributed by atoms with Crippen molar-refractivity contribution in [3.63, 3.8) is 0 Å². The zero-order chi connectivity index (χ0) is 19.5. The lowest BCUT2D eigenvalue weighted by atomic mass is 10.2. The molecule has 140 valence electrons. The largest absolute Gasteiger partial charge is 0.454 e. The zero-order valence-corrected chi connectivity index (χ0v) is 15.0. The summed E-state index contributed by atoms with van der Waals surface area (Å²) in [7, 11) is 1.66. The number of hydrogen-bond donors (Lipinski definition) is 2. The van der Waals surface area contributed by atoms with Crippen molar-refractivity contribution in [3.05, 3.63) is 66.6 Å². The number of rotatable bonds is 4. The predicted octanol–water partition coefficient (Wildman–Crippen LogP) is 2.91. The second-order valence-corrected chi connectivity index (χ2v) is 6.14. The number of anilines is 3. The standard InChI is InChI=1S/C20H17N5O3/c1-25-16-9-13(10-22-19(16)23-12-18(25)26)20(27)24-15-6-2-3-7-17(15)28-14-5-4-8-21-11-14/h2-11H,12H2,1H3,(H,22,23)(H,24,27). The lowest BCUT2D eigenvalue weighted by Gasteiger charge is -2.26. The number of carbonyl (C=O) groups is 2. The number of amides is 2. The number of aromatic nitrogens is 2. The number of nitrogens with one attached hydrogen (secondary N) is 2. The highest BCUT2D eigenvalue weighted by Crippen LogP contribution is 2.30. The maximum Gasteiger partial charge on any atom is 0.257 e. The van der Waals surface area contributed by atoms with Gasteiger partial charge in [-0.15, -0.1) is 0 Å². The number of ether oxygens (including phenoxy) is 1. The lowest BCUT2D eigenvalue weighted by Crippen LogP contribution is -2.37. The highest BCUT2D eigenvalue weighted by atomic mass is 16.5. The van der Waals surface area contributed by atoms with Crippen LogP contribution in [0.15, 0.2) is 61.1 Å². The molecule has 0 saturated carbocycles. The molecular formula is C20H17N5O3. The Morgan fingerprint density at radius 2 is 2.07 bits per heavy atom. The number of likely N-dealkylation sites (N-methyl/N-ethyl adjacent to an activating group) is 1. The van der Waals surface area contributed by atoms with E-state index in [-0.39, 0.29) is 18.4 Å². The Morgan fingerprint density at radius 3 is 2.89 bits per heavy atom. The van der Waals surface area contributed by atoms with Gasteiger partial charge < -0.3 is 20.3 Å². The molecule has 1 aliphatic heterocycles. The fourth-order valence-electron chi connectivity index (χ4n) is 2.77. The lowest BCUT2D eigenvalue weighted by molar-refractivity contribution is -0.116. The number of benzene rings is 1. The minimum absolute atomic E-state index is 0.0953. The average Bonchev–Trinajstić information content (AvgIpc) is 2.73. The van der Waals surface area contributed by atoms with Crippen LogP contribution in [0.1, 0.15) is 10.4 Å². The first-order valence-electron chi connectivity index (χ1n) is 8.60. The molecule has 0 atom stereocenters. The molecule has 3 aromatic rings. The first-order valence-corrected chi connectivity index (χ1v) is 8.60. The van der Waals surface area contributed by atoms with Crippen molar-refractivity contribution >= 4 is 29.0 Å². The molecule has 0 radical (unpaired) electrons. The molecule has 0 aliphatic carbocycles. The second kappa shape index (κ2) is 7.36. The van der Waals surface area contributed by atoms with E-state index in [0.29, 0.717) is 34.3 Å². The van der Waals surface area contributed by atoms with Crippen LogP contribution in [0, 0.1) is 0 Å². The molecule has 2 amide bonds. The second-order valence-electron chi connectivity index (χ2n) is 6.14. The molecule has 3 heterocycles. The van der Waals surface area contributed by atoms with Crippen molar-refractivity contribution in [1.29, 1.82) is 0 Å². The van der Waals surface area contributed by atoms with Gasteiger partial charge in [0.25, 0.3) is 5.91 Å². The SMILES string of the molecule is CN1C(=O)CNc2ncc(C(=O)Nc3ccccc3Oc3cccnc3)cc21. The first kappa shape index (κ1) is 17.5. The highest BCUT2D eigenvalue weighted by molar-refractivity contribution is 6.08. The van der Waals surface area contributed by atoms with E-state index in [1.165, 1.54) is 11.1 Å². The molecule has 0 saturated heterocycles. The van der Waals surface area contributed by atoms with Gasteiger partial charge in [0.15, 0.2) is 5.75 Å². The van der Waals surface area contributed by atoms with Crippen LogP contribution in [0.4, 0.5) is 17.2 Å². The Kier molecular flexibility index (Phi) is 4.59. The Labute approximate surface area is 161 Å². The van der Waals surface area contributed by atoms with Crippen molar-refractivity contribution in [2.75, 3.05) is 29.1 Å². The van der Waals surface area contributed by atoms with Crippen LogP contribution in [0.2, 0.25) is 0 Å². The number of carbonyl (C=O) groups excluding carboxylic acids is 2. The van der Waals surface area contributed by atoms with Gasteiger partial charge in [-0.25, -0.2) is 4.98 Å². The first-order chi connectivity index (χ1) is 13.6. The van der Waals surface area contributed by atoms with E-state index in [0.717, 1.165) is 0 Å². The van der Waals surface area contributed by atoms with Crippen LogP contribution in [0.3, 0.4) is 0 Å². The molecule has 2 N–H and O–H groups in total. The number of pyridine rings is 2. The molecular weight excluding hydrogens is 358 g/mol. The molecule has 4 rings (SSSR count). The molecule has 0 spiro atoms. The van der Waals surface area contributed by atoms with Crippen molar-refractivity contribution in [2.24, 2.45) is 0 Å². The van der Waals surface area contributed by atoms with Gasteiger partial charge in [0, 0.05) is 19.4 Å². The third kappa shape index (κ3) is 3.48. The Morgan fingerprint density at radius 1 is 1.21 bits per heavy atom. The van der Waals surface area contributed by atoms with E-state index in [4.69, 9.17) is 4.74 Å². The third-order valence-electron chi connectivity index (χ3n) is 4.27. The third-order valence-corrected chi connectivity index (χ3v) is 4.27. The van der Waals surface area contributed by atoms with Crippen LogP contribution < -0.4 is 20.3 Å². The van der Waals surface area contributed by atoms with Gasteiger partial charge in [-0.05, 0) is 30.3 Å². The quantitative estimate of drug-likeness (QED) is 0.728. The summed E-state index contributed by atoms with van der Waals surface area (Å²) in [6.45, 7) is 0.182. The van der Waals surface area contributed by atoms with E-state index in [9.17, 15) is 9.59 Å². The van der Waals surface area contributed by atoms with E-state index < -0.39 is 0 Å². The molecule has 0 fully saturated rings. The van der Waals surface area contributed by atoms with Crippen LogP contribution in [0.25, 0.3) is 0 Å². The monoisotopic (exact) mass is 375 g/mol. The molecule has 0 unspecified atom stereocenters. The van der Waals surface area contributed by atoms with Crippen molar-refractivity contribution in [3.8, 4) is 11.5 Å². The molecule has 2 aromatic heterocycles. The summed E-state index contributed by atoms with van der Waals surface area (Å²) in [5, 5.41) is 5.77. The fraction of sp³-hybridized carbons (Fsp3) is 0.100. The van der Waals surface area contributed by atoms with Gasteiger partial charge >= 0.3 is 0 Å². The summed E-state index contributed by atoms with van der Waals surface area (Å²) < 4.78 is 5.81. The topological polar surface area (TPSA) is 96.5 Å². The minimum Gasteiger partial charge on any atom is -0.454 e. The summed E-state index contributed by atoms with van der Waals surface area (Å²) in [4.78, 5) is 34.4. The average molecular weight is 375 g/mol. The van der Waals surface area contributed by atoms with Gasteiger partial charge in [0.05, 0.1) is 29.7 Å². The van der Waals surface area contributed by atoms with Crippen LogP contribution in [0.5, 0.6) is 11.5 Å². The highest BCUT2D eigenvalue weighted by Gasteiger charge is 2.23. The Balaban J connectivity index is 1.57. The van der Waals surface area contributed by atoms with Crippen LogP contribution in [-0.4, -0.2) is 35.4 Å². The summed E-state index contributed by atoms with van der Waals surface area (Å²) in [5.74, 6) is 1.17. The van der Waals surface area contributed by atoms with Gasteiger partial charge in [-0.1, -0.05) is 12.1 Å². The van der Waals surface area contributed by atoms with Crippen molar-refractivity contribution < 1.29 is 14.3 Å². The van der Waals surface area contributed by atoms with Gasteiger partial charge in [0.1, 0.15) is 11.6 Å². The summed E-state index contributed by atoms with van der Waals surface area (Å²) in [5.41, 5.74) is 1.40. The van der Waals surface area contributed by atoms with E-state index >= 15 is 0 Å². The predicted molar refractivity (Wildman–Crippen MR) is 105 cm³/mol. The summed E-state index contributed by atoms with van der Waals surface area (Å²) in [6, 6.07) is 12.3. The molecule has 1 aliphatic rings. The normalized spacial score (nSPS) is 12.8. The van der Waals surface area contributed by atoms with Crippen LogP contribution >= 0.6 is 0 Å². The van der Waals surface area contributed by atoms with Crippen molar-refractivity contribution in [2.45, 2.75) is 0 Å². The number of para-hydroxylation sites is 2. The minimum atomic E-state index is -0.357. The Bertz CT molecular complexity index is 1040. The molecule has 8 nitrogen and oxygen atoms in total. The maximum atomic E-state index is 12.7. The maximum absolute atomic E-state index is 12.7. The summed E-state index contributed by atoms with van der Waals surface area (Å²) >= 11 is 0. The molecule has 28 heavy (non-hydrogen) atoms. The molecule has 1 aromatic carbocycles.